The zero-order valence-corrected chi connectivity index (χ0v) is 18.5. The van der Waals surface area contributed by atoms with E-state index in [0.717, 1.165) is 55.4 Å². The van der Waals surface area contributed by atoms with E-state index >= 15 is 0 Å². The van der Waals surface area contributed by atoms with Crippen molar-refractivity contribution >= 4 is 17.5 Å². The number of amides is 1. The Morgan fingerprint density at radius 2 is 2.10 bits per heavy atom. The predicted octanol–water partition coefficient (Wildman–Crippen LogP) is 2.98. The summed E-state index contributed by atoms with van der Waals surface area (Å²) < 4.78 is 2.23. The van der Waals surface area contributed by atoms with Crippen LogP contribution < -0.4 is 5.32 Å². The monoisotopic (exact) mass is 429 g/mol. The lowest BCUT2D eigenvalue weighted by atomic mass is 9.97. The fourth-order valence-corrected chi connectivity index (χ4v) is 5.08. The highest BCUT2D eigenvalue weighted by atomic mass is 35.5. The average Bonchev–Trinajstić information content (AvgIpc) is 3.41. The van der Waals surface area contributed by atoms with Gasteiger partial charge in [-0.3, -0.25) is 14.6 Å². The Balaban J connectivity index is 1.28. The zero-order valence-electron chi connectivity index (χ0n) is 17.8. The van der Waals surface area contributed by atoms with Crippen molar-refractivity contribution in [3.8, 4) is 0 Å². The van der Waals surface area contributed by atoms with E-state index in [1.54, 1.807) is 0 Å². The molecule has 1 fully saturated rings. The zero-order chi connectivity index (χ0) is 20.9. The van der Waals surface area contributed by atoms with Crippen LogP contribution in [0.5, 0.6) is 0 Å². The van der Waals surface area contributed by atoms with E-state index in [1.165, 1.54) is 12.8 Å². The molecule has 0 spiro atoms. The van der Waals surface area contributed by atoms with Gasteiger partial charge >= 0.3 is 0 Å². The number of halogens is 1. The number of fused-ring (bicyclic) bond motifs is 1. The molecule has 30 heavy (non-hydrogen) atoms. The summed E-state index contributed by atoms with van der Waals surface area (Å²) in [6.45, 7) is 5.07. The second-order valence-corrected chi connectivity index (χ2v) is 9.08. The van der Waals surface area contributed by atoms with Gasteiger partial charge in [0.2, 0.25) is 5.91 Å². The minimum atomic E-state index is 0.0751. The summed E-state index contributed by atoms with van der Waals surface area (Å²) in [5, 5.41) is 3.94. The molecule has 1 N–H and O–H groups in total. The summed E-state index contributed by atoms with van der Waals surface area (Å²) in [7, 11) is 2.03. The van der Waals surface area contributed by atoms with Gasteiger partial charge < -0.3 is 9.88 Å². The van der Waals surface area contributed by atoms with Crippen molar-refractivity contribution in [1.82, 2.24) is 24.7 Å². The molecule has 0 bridgehead atoms. The number of likely N-dealkylation sites (tertiary alicyclic amines) is 1. The Morgan fingerprint density at radius 1 is 1.30 bits per heavy atom. The lowest BCUT2D eigenvalue weighted by Crippen LogP contribution is -2.42. The molecule has 7 heteroatoms. The number of hydrogen-bond donors (Lipinski definition) is 1. The molecule has 3 heterocycles. The van der Waals surface area contributed by atoms with E-state index in [2.05, 4.69) is 36.9 Å². The van der Waals surface area contributed by atoms with Crippen LogP contribution >= 0.6 is 11.6 Å². The van der Waals surface area contributed by atoms with Crippen LogP contribution in [0.1, 0.15) is 36.7 Å². The van der Waals surface area contributed by atoms with Crippen LogP contribution in [0.4, 0.5) is 0 Å². The largest absolute Gasteiger partial charge is 0.353 e. The van der Waals surface area contributed by atoms with Gasteiger partial charge in [-0.15, -0.1) is 0 Å². The van der Waals surface area contributed by atoms with Gasteiger partial charge in [0, 0.05) is 43.5 Å². The molecule has 1 amide bonds. The number of rotatable bonds is 8. The molecule has 6 nitrogen and oxygen atoms in total. The van der Waals surface area contributed by atoms with Gasteiger partial charge in [0.05, 0.1) is 12.6 Å². The van der Waals surface area contributed by atoms with Gasteiger partial charge in [-0.25, -0.2) is 4.98 Å². The maximum atomic E-state index is 12.7. The third kappa shape index (κ3) is 5.23. The highest BCUT2D eigenvalue weighted by Gasteiger charge is 2.26. The number of hydrogen-bond acceptors (Lipinski definition) is 4. The number of imidazole rings is 1. The fraction of sp³-hybridized carbons (Fsp3) is 0.565. The van der Waals surface area contributed by atoms with Crippen LogP contribution in [-0.4, -0.2) is 65.0 Å². The van der Waals surface area contributed by atoms with Gasteiger partial charge in [-0.05, 0) is 56.9 Å². The number of benzene rings is 1. The maximum Gasteiger partial charge on any atom is 0.234 e. The minimum Gasteiger partial charge on any atom is -0.353 e. The van der Waals surface area contributed by atoms with Crippen LogP contribution in [0.15, 0.2) is 36.7 Å². The van der Waals surface area contributed by atoms with Crippen molar-refractivity contribution in [2.45, 2.75) is 38.3 Å². The Hall–Kier alpha value is -1.89. The first kappa shape index (κ1) is 21.3. The van der Waals surface area contributed by atoms with E-state index in [1.807, 2.05) is 31.4 Å². The van der Waals surface area contributed by atoms with E-state index in [9.17, 15) is 4.79 Å². The first-order valence-electron chi connectivity index (χ1n) is 11.0. The highest BCUT2D eigenvalue weighted by molar-refractivity contribution is 6.31. The average molecular weight is 430 g/mol. The van der Waals surface area contributed by atoms with Gasteiger partial charge in [0.1, 0.15) is 5.82 Å². The fourth-order valence-electron chi connectivity index (χ4n) is 4.82. The Bertz CT molecular complexity index is 848. The second kappa shape index (κ2) is 9.94. The summed E-state index contributed by atoms with van der Waals surface area (Å²) in [6, 6.07) is 8.13. The molecular formula is C23H32ClN5O. The molecular weight excluding hydrogens is 398 g/mol. The molecule has 1 saturated heterocycles. The molecule has 4 rings (SSSR count). The molecule has 0 aliphatic carbocycles. The molecule has 2 aliphatic heterocycles. The number of nitrogens with zero attached hydrogens (tertiary/aromatic N) is 4. The van der Waals surface area contributed by atoms with Crippen molar-refractivity contribution in [3.05, 3.63) is 53.1 Å². The lowest BCUT2D eigenvalue weighted by molar-refractivity contribution is -0.122. The molecule has 2 unspecified atom stereocenters. The number of carbonyl (C=O) groups is 1. The second-order valence-electron chi connectivity index (χ2n) is 8.68. The van der Waals surface area contributed by atoms with Gasteiger partial charge in [-0.2, -0.15) is 0 Å². The molecule has 162 valence electrons. The summed E-state index contributed by atoms with van der Waals surface area (Å²) in [6.07, 6.45) is 8.47. The van der Waals surface area contributed by atoms with Crippen molar-refractivity contribution in [1.29, 1.82) is 0 Å². The number of nitrogens with one attached hydrogen (secondary N) is 1. The van der Waals surface area contributed by atoms with Crippen molar-refractivity contribution in [3.63, 3.8) is 0 Å². The smallest absolute Gasteiger partial charge is 0.234 e. The maximum absolute atomic E-state index is 12.7. The summed E-state index contributed by atoms with van der Waals surface area (Å²) in [5.41, 5.74) is 1.10. The quantitative estimate of drug-likeness (QED) is 0.700. The lowest BCUT2D eigenvalue weighted by Gasteiger charge is -2.30. The van der Waals surface area contributed by atoms with Crippen LogP contribution in [0.2, 0.25) is 5.02 Å². The minimum absolute atomic E-state index is 0.0751. The number of likely N-dealkylation sites (N-methyl/N-ethyl adjacent to an activating group) is 1. The van der Waals surface area contributed by atoms with Gasteiger partial charge in [-0.1, -0.05) is 29.8 Å². The van der Waals surface area contributed by atoms with E-state index in [-0.39, 0.29) is 11.9 Å². The third-order valence-corrected chi connectivity index (χ3v) is 6.72. The standard InChI is InChI=1S/C23H32ClN5O/c1-27(16-18-8-12-29-13-9-25-22(29)14-18)17-23(30)26-15-21(28-10-4-5-11-28)19-6-2-3-7-20(19)24/h2-3,6-7,9,13,18,21H,4-5,8,10-12,14-17H2,1H3,(H,26,30). The highest BCUT2D eigenvalue weighted by Crippen LogP contribution is 2.29. The molecule has 0 radical (unpaired) electrons. The summed E-state index contributed by atoms with van der Waals surface area (Å²) in [5.74, 6) is 1.79. The summed E-state index contributed by atoms with van der Waals surface area (Å²) in [4.78, 5) is 21.7. The van der Waals surface area contributed by atoms with E-state index in [4.69, 9.17) is 11.6 Å². The van der Waals surface area contributed by atoms with Crippen LogP contribution in [0.25, 0.3) is 0 Å². The van der Waals surface area contributed by atoms with Crippen molar-refractivity contribution < 1.29 is 4.79 Å². The topological polar surface area (TPSA) is 53.4 Å². The number of carbonyl (C=O) groups excluding carboxylic acids is 1. The number of aromatic nitrogens is 2. The Kier molecular flexibility index (Phi) is 7.08. The molecule has 1 aromatic heterocycles. The first-order valence-corrected chi connectivity index (χ1v) is 11.4. The Labute approximate surface area is 184 Å². The van der Waals surface area contributed by atoms with E-state index < -0.39 is 0 Å². The van der Waals surface area contributed by atoms with E-state index in [0.29, 0.717) is 19.0 Å². The van der Waals surface area contributed by atoms with Crippen LogP contribution in [0, 0.1) is 5.92 Å². The first-order chi connectivity index (χ1) is 14.6. The van der Waals surface area contributed by atoms with Crippen molar-refractivity contribution in [2.75, 3.05) is 39.8 Å². The number of aryl methyl sites for hydroxylation is 1. The van der Waals surface area contributed by atoms with Crippen molar-refractivity contribution in [2.24, 2.45) is 5.92 Å². The van der Waals surface area contributed by atoms with Crippen LogP contribution in [0.3, 0.4) is 0 Å². The molecule has 2 aliphatic rings. The normalized spacial score (nSPS) is 20.3. The summed E-state index contributed by atoms with van der Waals surface area (Å²) >= 11 is 6.48. The van der Waals surface area contributed by atoms with Gasteiger partial charge in [0.25, 0.3) is 0 Å². The van der Waals surface area contributed by atoms with Crippen LogP contribution in [-0.2, 0) is 17.8 Å². The predicted molar refractivity (Wildman–Crippen MR) is 120 cm³/mol. The SMILES string of the molecule is CN(CC(=O)NCC(c1ccccc1Cl)N1CCCC1)CC1CCn2ccnc2C1. The Morgan fingerprint density at radius 3 is 2.90 bits per heavy atom. The van der Waals surface area contributed by atoms with Gasteiger partial charge in [0.15, 0.2) is 0 Å². The molecule has 1 aromatic carbocycles. The molecule has 0 saturated carbocycles. The molecule has 2 atom stereocenters. The molecule has 2 aromatic rings. The third-order valence-electron chi connectivity index (χ3n) is 6.37.